The Morgan fingerprint density at radius 2 is 2.14 bits per heavy atom. The highest BCUT2D eigenvalue weighted by molar-refractivity contribution is 7.99. The van der Waals surface area contributed by atoms with Gasteiger partial charge in [0.15, 0.2) is 0 Å². The Balaban J connectivity index is 2.01. The Hall–Kier alpha value is -1.40. The second kappa shape index (κ2) is 8.29. The Labute approximate surface area is 136 Å². The first-order valence-electron chi connectivity index (χ1n) is 7.77. The van der Waals surface area contributed by atoms with E-state index in [1.165, 1.54) is 26.4 Å². The van der Waals surface area contributed by atoms with E-state index in [2.05, 4.69) is 11.2 Å². The van der Waals surface area contributed by atoms with E-state index in [0.717, 1.165) is 30.8 Å². The Kier molecular flexibility index (Phi) is 6.39. The van der Waals surface area contributed by atoms with Crippen LogP contribution in [0, 0.1) is 0 Å². The SMILES string of the molecule is CCc1cc(C(=O)OC)n(C/C(N)=C/SN2CCCCC2)c1. The van der Waals surface area contributed by atoms with Crippen LogP contribution in [0.4, 0.5) is 0 Å². The topological polar surface area (TPSA) is 60.5 Å². The molecular formula is C16H25N3O2S. The maximum absolute atomic E-state index is 11.8. The van der Waals surface area contributed by atoms with Crippen molar-refractivity contribution in [3.63, 3.8) is 0 Å². The number of allylic oxidation sites excluding steroid dienone is 1. The van der Waals surface area contributed by atoms with Crippen LogP contribution < -0.4 is 5.73 Å². The van der Waals surface area contributed by atoms with E-state index in [-0.39, 0.29) is 5.97 Å². The highest BCUT2D eigenvalue weighted by Gasteiger charge is 2.14. The van der Waals surface area contributed by atoms with Crippen molar-refractivity contribution < 1.29 is 9.53 Å². The van der Waals surface area contributed by atoms with Gasteiger partial charge in [0, 0.05) is 30.4 Å². The molecule has 0 bridgehead atoms. The summed E-state index contributed by atoms with van der Waals surface area (Å²) in [5, 5.41) is 1.98. The van der Waals surface area contributed by atoms with Crippen LogP contribution in [0.1, 0.15) is 42.2 Å². The van der Waals surface area contributed by atoms with Gasteiger partial charge in [-0.15, -0.1) is 0 Å². The zero-order valence-corrected chi connectivity index (χ0v) is 14.2. The van der Waals surface area contributed by atoms with E-state index in [0.29, 0.717) is 12.2 Å². The largest absolute Gasteiger partial charge is 0.464 e. The molecule has 1 saturated heterocycles. The molecule has 2 heterocycles. The molecule has 2 N–H and O–H groups in total. The molecule has 1 aromatic heterocycles. The van der Waals surface area contributed by atoms with Gasteiger partial charge < -0.3 is 15.0 Å². The Morgan fingerprint density at radius 3 is 2.77 bits per heavy atom. The van der Waals surface area contributed by atoms with Crippen LogP contribution >= 0.6 is 11.9 Å². The molecule has 0 unspecified atom stereocenters. The minimum Gasteiger partial charge on any atom is -0.464 e. The first-order valence-corrected chi connectivity index (χ1v) is 8.61. The van der Waals surface area contributed by atoms with Gasteiger partial charge in [0.25, 0.3) is 0 Å². The Bertz CT molecular complexity index is 533. The molecule has 0 amide bonds. The number of carbonyl (C=O) groups excluding carboxylic acids is 1. The number of rotatable bonds is 6. The van der Waals surface area contributed by atoms with Crippen molar-refractivity contribution in [1.29, 1.82) is 0 Å². The van der Waals surface area contributed by atoms with Gasteiger partial charge in [-0.05, 0) is 42.8 Å². The third-order valence-electron chi connectivity index (χ3n) is 3.78. The van der Waals surface area contributed by atoms with Crippen LogP contribution in [0.3, 0.4) is 0 Å². The first-order chi connectivity index (χ1) is 10.6. The number of nitrogens with zero attached hydrogens (tertiary/aromatic N) is 2. The summed E-state index contributed by atoms with van der Waals surface area (Å²) in [7, 11) is 1.40. The molecule has 6 heteroatoms. The summed E-state index contributed by atoms with van der Waals surface area (Å²) in [4.78, 5) is 11.8. The number of nitrogens with two attached hydrogens (primary N) is 1. The number of hydrogen-bond donors (Lipinski definition) is 1. The molecule has 0 atom stereocenters. The molecule has 0 saturated carbocycles. The number of piperidine rings is 1. The van der Waals surface area contributed by atoms with Crippen LogP contribution in [0.15, 0.2) is 23.4 Å². The summed E-state index contributed by atoms with van der Waals surface area (Å²) < 4.78 is 9.04. The number of aromatic nitrogens is 1. The molecular weight excluding hydrogens is 298 g/mol. The molecule has 0 aromatic carbocycles. The lowest BCUT2D eigenvalue weighted by Crippen LogP contribution is -2.22. The van der Waals surface area contributed by atoms with Gasteiger partial charge in [0.05, 0.1) is 13.7 Å². The molecule has 122 valence electrons. The van der Waals surface area contributed by atoms with Gasteiger partial charge in [0.1, 0.15) is 5.69 Å². The molecule has 1 aliphatic heterocycles. The van der Waals surface area contributed by atoms with E-state index in [9.17, 15) is 4.79 Å². The lowest BCUT2D eigenvalue weighted by atomic mass is 10.2. The molecule has 2 rings (SSSR count). The number of methoxy groups -OCH3 is 1. The second-order valence-corrected chi connectivity index (χ2v) is 6.46. The summed E-state index contributed by atoms with van der Waals surface area (Å²) in [6.07, 6.45) is 6.68. The standard InChI is InChI=1S/C16H25N3O2S/c1-3-13-9-15(16(20)21-2)18(10-13)11-14(17)12-22-19-7-5-4-6-8-19/h9-10,12H,3-8,11,17H2,1-2H3/b14-12-. The van der Waals surface area contributed by atoms with Crippen LogP contribution in [0.25, 0.3) is 0 Å². The molecule has 5 nitrogen and oxygen atoms in total. The van der Waals surface area contributed by atoms with Crippen LogP contribution in [0.2, 0.25) is 0 Å². The van der Waals surface area contributed by atoms with Crippen molar-refractivity contribution in [2.45, 2.75) is 39.2 Å². The van der Waals surface area contributed by atoms with Crippen molar-refractivity contribution >= 4 is 17.9 Å². The van der Waals surface area contributed by atoms with Gasteiger partial charge in [-0.3, -0.25) is 0 Å². The number of hydrogen-bond acceptors (Lipinski definition) is 5. The van der Waals surface area contributed by atoms with Gasteiger partial charge in [-0.2, -0.15) is 0 Å². The number of ether oxygens (including phenoxy) is 1. The quantitative estimate of drug-likeness (QED) is 0.644. The smallest absolute Gasteiger partial charge is 0.354 e. The highest BCUT2D eigenvalue weighted by atomic mass is 32.2. The van der Waals surface area contributed by atoms with Crippen molar-refractivity contribution in [3.8, 4) is 0 Å². The molecule has 0 radical (unpaired) electrons. The fraction of sp³-hybridized carbons (Fsp3) is 0.562. The van der Waals surface area contributed by atoms with Crippen molar-refractivity contribution in [2.75, 3.05) is 20.2 Å². The third-order valence-corrected chi connectivity index (χ3v) is 4.85. The monoisotopic (exact) mass is 323 g/mol. The minimum absolute atomic E-state index is 0.323. The normalized spacial score (nSPS) is 16.7. The summed E-state index contributed by atoms with van der Waals surface area (Å²) in [5.74, 6) is -0.323. The molecule has 0 spiro atoms. The van der Waals surface area contributed by atoms with E-state index in [1.807, 2.05) is 22.2 Å². The van der Waals surface area contributed by atoms with Gasteiger partial charge in [-0.25, -0.2) is 9.10 Å². The molecule has 1 fully saturated rings. The second-order valence-electron chi connectivity index (χ2n) is 5.49. The van der Waals surface area contributed by atoms with E-state index < -0.39 is 0 Å². The molecule has 0 aliphatic carbocycles. The van der Waals surface area contributed by atoms with E-state index in [4.69, 9.17) is 10.5 Å². The highest BCUT2D eigenvalue weighted by Crippen LogP contribution is 2.20. The third kappa shape index (κ3) is 4.55. The maximum atomic E-state index is 11.8. The summed E-state index contributed by atoms with van der Waals surface area (Å²) >= 11 is 1.67. The van der Waals surface area contributed by atoms with E-state index >= 15 is 0 Å². The molecule has 1 aliphatic rings. The molecule has 1 aromatic rings. The maximum Gasteiger partial charge on any atom is 0.354 e. The van der Waals surface area contributed by atoms with Gasteiger partial charge in [-0.1, -0.05) is 13.3 Å². The number of carbonyl (C=O) groups is 1. The molecule has 22 heavy (non-hydrogen) atoms. The van der Waals surface area contributed by atoms with Gasteiger partial charge >= 0.3 is 5.97 Å². The zero-order chi connectivity index (χ0) is 15.9. The summed E-state index contributed by atoms with van der Waals surface area (Å²) in [6, 6.07) is 1.87. The van der Waals surface area contributed by atoms with Crippen LogP contribution in [0.5, 0.6) is 0 Å². The predicted molar refractivity (Wildman–Crippen MR) is 90.4 cm³/mol. The summed E-state index contributed by atoms with van der Waals surface area (Å²) in [6.45, 7) is 4.80. The van der Waals surface area contributed by atoms with E-state index in [1.54, 1.807) is 11.9 Å². The average molecular weight is 323 g/mol. The number of esters is 1. The average Bonchev–Trinajstić information content (AvgIpc) is 2.96. The van der Waals surface area contributed by atoms with Crippen molar-refractivity contribution in [1.82, 2.24) is 8.87 Å². The number of aryl methyl sites for hydroxylation is 1. The first kappa shape index (κ1) is 17.0. The fourth-order valence-corrected chi connectivity index (χ4v) is 3.34. The van der Waals surface area contributed by atoms with Crippen molar-refractivity contribution in [3.05, 3.63) is 34.6 Å². The van der Waals surface area contributed by atoms with Crippen molar-refractivity contribution in [2.24, 2.45) is 5.73 Å². The fourth-order valence-electron chi connectivity index (χ4n) is 2.52. The predicted octanol–water partition coefficient (Wildman–Crippen LogP) is 2.77. The minimum atomic E-state index is -0.323. The summed E-state index contributed by atoms with van der Waals surface area (Å²) in [5.41, 5.74) is 8.54. The lowest BCUT2D eigenvalue weighted by Gasteiger charge is -2.23. The van der Waals surface area contributed by atoms with Crippen LogP contribution in [-0.2, 0) is 17.7 Å². The lowest BCUT2D eigenvalue weighted by molar-refractivity contribution is 0.0589. The Morgan fingerprint density at radius 1 is 1.41 bits per heavy atom. The van der Waals surface area contributed by atoms with Gasteiger partial charge in [0.2, 0.25) is 0 Å². The zero-order valence-electron chi connectivity index (χ0n) is 13.4. The van der Waals surface area contributed by atoms with Crippen LogP contribution in [-0.4, -0.2) is 35.0 Å².